The van der Waals surface area contributed by atoms with Crippen molar-refractivity contribution >= 4 is 8.32 Å². The third kappa shape index (κ3) is 4.23. The normalized spacial score (nSPS) is 14.6. The number of terminal acetylenes is 1. The second-order valence-corrected chi connectivity index (χ2v) is 10.3. The second-order valence-electron chi connectivity index (χ2n) is 5.58. The van der Waals surface area contributed by atoms with Gasteiger partial charge in [-0.05, 0) is 29.6 Å². The van der Waals surface area contributed by atoms with Crippen molar-refractivity contribution in [1.29, 1.82) is 0 Å². The van der Waals surface area contributed by atoms with Crippen molar-refractivity contribution in [2.75, 3.05) is 0 Å². The van der Waals surface area contributed by atoms with Gasteiger partial charge in [-0.15, -0.1) is 12.3 Å². The predicted molar refractivity (Wildman–Crippen MR) is 90.1 cm³/mol. The Bertz CT molecular complexity index is 409. The first kappa shape index (κ1) is 17.0. The van der Waals surface area contributed by atoms with Crippen LogP contribution in [0, 0.1) is 18.3 Å². The molecule has 0 fully saturated rings. The fraction of sp³-hybridized carbons (Fsp3) is 0.556. The highest BCUT2D eigenvalue weighted by atomic mass is 28.4. The summed E-state index contributed by atoms with van der Waals surface area (Å²) in [6.07, 6.45) is 6.42. The average molecular weight is 289 g/mol. The van der Waals surface area contributed by atoms with Crippen molar-refractivity contribution < 1.29 is 4.43 Å². The van der Waals surface area contributed by atoms with Gasteiger partial charge in [0, 0.05) is 6.42 Å². The molecule has 0 N–H and O–H groups in total. The van der Waals surface area contributed by atoms with Crippen LogP contribution in [0.1, 0.15) is 45.8 Å². The van der Waals surface area contributed by atoms with E-state index in [-0.39, 0.29) is 6.10 Å². The van der Waals surface area contributed by atoms with Crippen LogP contribution in [0.5, 0.6) is 0 Å². The van der Waals surface area contributed by atoms with E-state index in [2.05, 4.69) is 63.9 Å². The highest BCUT2D eigenvalue weighted by Crippen LogP contribution is 2.35. The van der Waals surface area contributed by atoms with Crippen LogP contribution in [0.15, 0.2) is 30.3 Å². The summed E-state index contributed by atoms with van der Waals surface area (Å²) < 4.78 is 6.73. The smallest absolute Gasteiger partial charge is 0.192 e. The van der Waals surface area contributed by atoms with Gasteiger partial charge >= 0.3 is 0 Å². The molecular formula is C18H28OSi. The van der Waals surface area contributed by atoms with E-state index in [1.54, 1.807) is 0 Å². The van der Waals surface area contributed by atoms with Crippen molar-refractivity contribution in [1.82, 2.24) is 0 Å². The first-order valence-electron chi connectivity index (χ1n) is 7.78. The minimum absolute atomic E-state index is 0.138. The molecule has 2 atom stereocenters. The van der Waals surface area contributed by atoms with Crippen LogP contribution < -0.4 is 0 Å². The summed E-state index contributed by atoms with van der Waals surface area (Å²) in [5.41, 5.74) is 1.27. The molecule has 20 heavy (non-hydrogen) atoms. The molecule has 0 aromatic heterocycles. The number of hydrogen-bond donors (Lipinski definition) is 0. The van der Waals surface area contributed by atoms with Gasteiger partial charge in [0.1, 0.15) is 0 Å². The molecule has 0 unspecified atom stereocenters. The lowest BCUT2D eigenvalue weighted by Crippen LogP contribution is -2.38. The Morgan fingerprint density at radius 1 is 1.10 bits per heavy atom. The molecule has 1 aromatic rings. The minimum Gasteiger partial charge on any atom is -0.410 e. The van der Waals surface area contributed by atoms with Gasteiger partial charge in [-0.3, -0.25) is 0 Å². The van der Waals surface area contributed by atoms with Crippen LogP contribution in [0.2, 0.25) is 18.1 Å². The quantitative estimate of drug-likeness (QED) is 0.459. The van der Waals surface area contributed by atoms with E-state index >= 15 is 0 Å². The Hall–Kier alpha value is -1.04. The Labute approximate surface area is 125 Å². The average Bonchev–Trinajstić information content (AvgIpc) is 2.50. The standard InChI is InChI=1S/C18H28OSi/c1-6-13-16(5)18(17-14-11-10-12-15-17)19-20(7-2,8-3)9-4/h1,10-12,14-16,18H,7-9,13H2,2-5H3/t16-,18+/m1/s1. The Morgan fingerprint density at radius 2 is 1.65 bits per heavy atom. The molecule has 0 aliphatic rings. The van der Waals surface area contributed by atoms with Crippen molar-refractivity contribution in [3.8, 4) is 12.3 Å². The SMILES string of the molecule is C#CC[C@@H](C)[C@H](O[Si](CC)(CC)CC)c1ccccc1. The summed E-state index contributed by atoms with van der Waals surface area (Å²) in [4.78, 5) is 0. The van der Waals surface area contributed by atoms with Gasteiger partial charge in [0.15, 0.2) is 8.32 Å². The van der Waals surface area contributed by atoms with Crippen molar-refractivity contribution in [3.63, 3.8) is 0 Å². The largest absolute Gasteiger partial charge is 0.410 e. The first-order chi connectivity index (χ1) is 9.62. The van der Waals surface area contributed by atoms with Gasteiger partial charge in [-0.1, -0.05) is 58.0 Å². The third-order valence-corrected chi connectivity index (χ3v) is 9.01. The molecule has 0 amide bonds. The molecule has 0 saturated heterocycles. The van der Waals surface area contributed by atoms with E-state index in [1.807, 2.05) is 0 Å². The molecule has 0 saturated carbocycles. The van der Waals surface area contributed by atoms with Crippen LogP contribution >= 0.6 is 0 Å². The molecule has 110 valence electrons. The molecule has 0 aliphatic heterocycles. The summed E-state index contributed by atoms with van der Waals surface area (Å²) >= 11 is 0. The molecule has 0 heterocycles. The van der Waals surface area contributed by atoms with Gasteiger partial charge in [0.2, 0.25) is 0 Å². The summed E-state index contributed by atoms with van der Waals surface area (Å²) in [6, 6.07) is 14.1. The Morgan fingerprint density at radius 3 is 2.10 bits per heavy atom. The first-order valence-corrected chi connectivity index (χ1v) is 10.3. The predicted octanol–water partition coefficient (Wildman–Crippen LogP) is 5.41. The number of rotatable bonds is 8. The lowest BCUT2D eigenvalue weighted by Gasteiger charge is -2.36. The molecule has 0 bridgehead atoms. The van der Waals surface area contributed by atoms with Gasteiger partial charge in [-0.2, -0.15) is 0 Å². The summed E-state index contributed by atoms with van der Waals surface area (Å²) in [5.74, 6) is 3.15. The molecule has 1 aromatic carbocycles. The summed E-state index contributed by atoms with van der Waals surface area (Å²) in [6.45, 7) is 9.02. The minimum atomic E-state index is -1.62. The molecule has 1 nitrogen and oxygen atoms in total. The molecule has 1 rings (SSSR count). The van der Waals surface area contributed by atoms with Gasteiger partial charge in [0.25, 0.3) is 0 Å². The van der Waals surface area contributed by atoms with Crippen LogP contribution in [-0.2, 0) is 4.43 Å². The van der Waals surface area contributed by atoms with Gasteiger partial charge < -0.3 is 4.43 Å². The van der Waals surface area contributed by atoms with Gasteiger partial charge in [-0.25, -0.2) is 0 Å². The maximum Gasteiger partial charge on any atom is 0.192 e. The van der Waals surface area contributed by atoms with Gasteiger partial charge in [0.05, 0.1) is 6.10 Å². The maximum absolute atomic E-state index is 6.73. The third-order valence-electron chi connectivity index (χ3n) is 4.39. The highest BCUT2D eigenvalue weighted by Gasteiger charge is 2.34. The van der Waals surface area contributed by atoms with E-state index in [0.29, 0.717) is 5.92 Å². The zero-order valence-corrected chi connectivity index (χ0v) is 14.4. The monoisotopic (exact) mass is 288 g/mol. The topological polar surface area (TPSA) is 9.23 Å². The van der Waals surface area contributed by atoms with E-state index in [9.17, 15) is 0 Å². The number of benzene rings is 1. The molecule has 0 aliphatic carbocycles. The molecule has 0 radical (unpaired) electrons. The molecule has 0 spiro atoms. The lowest BCUT2D eigenvalue weighted by molar-refractivity contribution is 0.133. The van der Waals surface area contributed by atoms with Crippen LogP contribution in [0.3, 0.4) is 0 Å². The lowest BCUT2D eigenvalue weighted by atomic mass is 9.95. The second kappa shape index (κ2) is 8.29. The summed E-state index contributed by atoms with van der Waals surface area (Å²) in [7, 11) is -1.62. The summed E-state index contributed by atoms with van der Waals surface area (Å²) in [5, 5.41) is 0. The Kier molecular flexibility index (Phi) is 7.05. The van der Waals surface area contributed by atoms with Crippen LogP contribution in [-0.4, -0.2) is 8.32 Å². The van der Waals surface area contributed by atoms with Crippen molar-refractivity contribution in [2.24, 2.45) is 5.92 Å². The van der Waals surface area contributed by atoms with E-state index in [0.717, 1.165) is 6.42 Å². The highest BCUT2D eigenvalue weighted by molar-refractivity contribution is 6.73. The van der Waals surface area contributed by atoms with E-state index in [1.165, 1.54) is 23.7 Å². The molecule has 2 heteroatoms. The maximum atomic E-state index is 6.73. The van der Waals surface area contributed by atoms with E-state index in [4.69, 9.17) is 10.8 Å². The fourth-order valence-corrected chi connectivity index (χ4v) is 5.62. The van der Waals surface area contributed by atoms with Crippen LogP contribution in [0.25, 0.3) is 0 Å². The van der Waals surface area contributed by atoms with Crippen molar-refractivity contribution in [2.45, 2.75) is 58.4 Å². The van der Waals surface area contributed by atoms with Crippen LogP contribution in [0.4, 0.5) is 0 Å². The number of hydrogen-bond acceptors (Lipinski definition) is 1. The fourth-order valence-electron chi connectivity index (χ4n) is 2.72. The molecular weight excluding hydrogens is 260 g/mol. The van der Waals surface area contributed by atoms with Crippen molar-refractivity contribution in [3.05, 3.63) is 35.9 Å². The zero-order chi connectivity index (χ0) is 15.0. The Balaban J connectivity index is 3.03. The zero-order valence-electron chi connectivity index (χ0n) is 13.4. The van der Waals surface area contributed by atoms with E-state index < -0.39 is 8.32 Å².